The van der Waals surface area contributed by atoms with E-state index in [4.69, 9.17) is 5.73 Å². The molecule has 0 unspecified atom stereocenters. The fourth-order valence-corrected chi connectivity index (χ4v) is 4.43. The lowest BCUT2D eigenvalue weighted by Gasteiger charge is -2.03. The van der Waals surface area contributed by atoms with Crippen LogP contribution in [0.2, 0.25) is 0 Å². The molecule has 0 radical (unpaired) electrons. The minimum absolute atomic E-state index is 0.359. The molecule has 1 aliphatic rings. The number of hydrogen-bond donors (Lipinski definition) is 4. The second-order valence-electron chi connectivity index (χ2n) is 7.05. The predicted octanol–water partition coefficient (Wildman–Crippen LogP) is 3.73. The summed E-state index contributed by atoms with van der Waals surface area (Å²) >= 11 is 0. The summed E-state index contributed by atoms with van der Waals surface area (Å²) in [5.41, 5.74) is 12.0. The lowest BCUT2D eigenvalue weighted by molar-refractivity contribution is 0.0880. The lowest BCUT2D eigenvalue weighted by atomic mass is 9.96. The van der Waals surface area contributed by atoms with Gasteiger partial charge in [0.2, 0.25) is 0 Å². The molecule has 0 spiro atoms. The molecule has 1 aliphatic heterocycles. The molecule has 27 heavy (non-hydrogen) atoms. The smallest absolute Gasteiger partial charge is 0.259 e. The van der Waals surface area contributed by atoms with Crippen molar-refractivity contribution >= 4 is 61.1 Å². The van der Waals surface area contributed by atoms with E-state index < -0.39 is 0 Å². The number of nitrogens with one attached hydrogen (secondary N) is 3. The maximum Gasteiger partial charge on any atom is 0.259 e. The van der Waals surface area contributed by atoms with E-state index in [0.29, 0.717) is 16.8 Å². The Morgan fingerprint density at radius 3 is 1.96 bits per heavy atom. The Kier molecular flexibility index (Phi) is 2.38. The minimum Gasteiger partial charge on any atom is -0.397 e. The third kappa shape index (κ3) is 1.56. The maximum atomic E-state index is 12.7. The van der Waals surface area contributed by atoms with Gasteiger partial charge in [-0.05, 0) is 18.6 Å². The van der Waals surface area contributed by atoms with Crippen molar-refractivity contribution in [3.8, 4) is 0 Å². The fourth-order valence-electron chi connectivity index (χ4n) is 4.43. The van der Waals surface area contributed by atoms with Gasteiger partial charge in [0.25, 0.3) is 11.8 Å². The summed E-state index contributed by atoms with van der Waals surface area (Å²) in [5, 5.41) is 5.73. The molecular weight excluding hydrogens is 340 g/mol. The Hall–Kier alpha value is -3.80. The summed E-state index contributed by atoms with van der Waals surface area (Å²) in [7, 11) is 0. The Labute approximate surface area is 152 Å². The van der Waals surface area contributed by atoms with Gasteiger partial charge in [0.15, 0.2) is 0 Å². The fraction of sp³-hybridized carbons (Fsp3) is 0.0476. The normalized spacial score (nSPS) is 14.0. The Balaban J connectivity index is 2.03. The third-order valence-electron chi connectivity index (χ3n) is 5.59. The molecular formula is C21H14N4O2. The van der Waals surface area contributed by atoms with Crippen LogP contribution in [0.25, 0.3) is 43.6 Å². The molecule has 3 heterocycles. The average Bonchev–Trinajstić information content (AvgIpc) is 3.28. The van der Waals surface area contributed by atoms with Crippen LogP contribution in [0.3, 0.4) is 0 Å². The number of amides is 2. The zero-order valence-corrected chi connectivity index (χ0v) is 14.4. The van der Waals surface area contributed by atoms with Crippen LogP contribution in [-0.2, 0) is 0 Å². The van der Waals surface area contributed by atoms with Crippen LogP contribution < -0.4 is 11.1 Å². The van der Waals surface area contributed by atoms with Gasteiger partial charge >= 0.3 is 0 Å². The molecule has 6 heteroatoms. The molecule has 0 atom stereocenters. The van der Waals surface area contributed by atoms with Gasteiger partial charge in [-0.25, -0.2) is 0 Å². The Morgan fingerprint density at radius 1 is 0.741 bits per heavy atom. The van der Waals surface area contributed by atoms with Gasteiger partial charge in [-0.2, -0.15) is 0 Å². The van der Waals surface area contributed by atoms with Crippen LogP contribution in [0.1, 0.15) is 26.3 Å². The zero-order chi connectivity index (χ0) is 18.4. The molecule has 2 aromatic heterocycles. The number of nitrogen functional groups attached to an aromatic ring is 1. The summed E-state index contributed by atoms with van der Waals surface area (Å²) < 4.78 is 0. The number of fused-ring (bicyclic) bond motifs is 10. The molecule has 3 aromatic carbocycles. The summed E-state index contributed by atoms with van der Waals surface area (Å²) in [6.07, 6.45) is 0. The largest absolute Gasteiger partial charge is 0.397 e. The molecule has 0 saturated carbocycles. The highest BCUT2D eigenvalue weighted by Gasteiger charge is 2.34. The van der Waals surface area contributed by atoms with Gasteiger partial charge < -0.3 is 15.7 Å². The van der Waals surface area contributed by atoms with Crippen LogP contribution in [0.5, 0.6) is 0 Å². The number of hydrogen-bond acceptors (Lipinski definition) is 3. The lowest BCUT2D eigenvalue weighted by Crippen LogP contribution is -2.20. The van der Waals surface area contributed by atoms with Crippen LogP contribution in [0.4, 0.5) is 5.69 Å². The van der Waals surface area contributed by atoms with E-state index >= 15 is 0 Å². The number of aryl methyl sites for hydroxylation is 1. The predicted molar refractivity (Wildman–Crippen MR) is 106 cm³/mol. The molecule has 0 saturated heterocycles. The molecule has 0 bridgehead atoms. The Morgan fingerprint density at radius 2 is 1.30 bits per heavy atom. The first kappa shape index (κ1) is 14.4. The van der Waals surface area contributed by atoms with Crippen molar-refractivity contribution in [3.63, 3.8) is 0 Å². The highest BCUT2D eigenvalue weighted by atomic mass is 16.2. The van der Waals surface area contributed by atoms with E-state index in [2.05, 4.69) is 15.3 Å². The number of H-pyrrole nitrogens is 2. The van der Waals surface area contributed by atoms with Crippen molar-refractivity contribution in [1.29, 1.82) is 0 Å². The Bertz CT molecular complexity index is 1390. The quantitative estimate of drug-likeness (QED) is 0.252. The van der Waals surface area contributed by atoms with Crippen molar-refractivity contribution in [2.24, 2.45) is 0 Å². The van der Waals surface area contributed by atoms with E-state index in [1.54, 1.807) is 0 Å². The van der Waals surface area contributed by atoms with Crippen molar-refractivity contribution in [1.82, 2.24) is 15.3 Å². The van der Waals surface area contributed by atoms with E-state index in [0.717, 1.165) is 49.2 Å². The maximum absolute atomic E-state index is 12.7. The number of aromatic amines is 2. The first-order valence-electron chi connectivity index (χ1n) is 8.68. The molecule has 5 aromatic rings. The van der Waals surface area contributed by atoms with Crippen LogP contribution in [0, 0.1) is 6.92 Å². The second kappa shape index (κ2) is 4.48. The van der Waals surface area contributed by atoms with E-state index in [1.807, 2.05) is 43.3 Å². The molecule has 0 aliphatic carbocycles. The summed E-state index contributed by atoms with van der Waals surface area (Å²) in [5.74, 6) is -0.727. The standard InChI is InChI=1S/C21H14N4O2/c1-8-4-2-5-9-12-14-15(21(27)25-20(14)26)13-10-6-3-7-11(22)17(10)24-19(13)18(12)23-16(8)9/h2-7,23-24H,22H2,1H3,(H,25,26,27). The van der Waals surface area contributed by atoms with E-state index in [9.17, 15) is 9.59 Å². The molecule has 2 amide bonds. The average molecular weight is 354 g/mol. The van der Waals surface area contributed by atoms with Gasteiger partial charge in [0, 0.05) is 27.1 Å². The van der Waals surface area contributed by atoms with Gasteiger partial charge in [0.05, 0.1) is 33.4 Å². The van der Waals surface area contributed by atoms with Gasteiger partial charge in [-0.1, -0.05) is 30.3 Å². The van der Waals surface area contributed by atoms with Crippen LogP contribution in [-0.4, -0.2) is 21.8 Å². The minimum atomic E-state index is -0.368. The van der Waals surface area contributed by atoms with Crippen molar-refractivity contribution < 1.29 is 9.59 Å². The summed E-state index contributed by atoms with van der Waals surface area (Å²) in [6.45, 7) is 2.02. The molecule has 0 fully saturated rings. The topological polar surface area (TPSA) is 104 Å². The zero-order valence-electron chi connectivity index (χ0n) is 14.4. The van der Waals surface area contributed by atoms with Gasteiger partial charge in [0.1, 0.15) is 0 Å². The number of rotatable bonds is 0. The van der Waals surface area contributed by atoms with Crippen LogP contribution in [0.15, 0.2) is 36.4 Å². The van der Waals surface area contributed by atoms with Crippen LogP contribution >= 0.6 is 0 Å². The van der Waals surface area contributed by atoms with Gasteiger partial charge in [-0.15, -0.1) is 0 Å². The first-order chi connectivity index (χ1) is 13.1. The van der Waals surface area contributed by atoms with Crippen molar-refractivity contribution in [3.05, 3.63) is 53.1 Å². The SMILES string of the molecule is Cc1cccc2c1[nH]c1c3[nH]c4c(N)cccc4c3c3c(c21)C(=O)NC3=O. The number of para-hydroxylation sites is 2. The molecule has 130 valence electrons. The highest BCUT2D eigenvalue weighted by molar-refractivity contribution is 6.39. The number of benzene rings is 3. The number of anilines is 1. The van der Waals surface area contributed by atoms with E-state index in [-0.39, 0.29) is 11.8 Å². The summed E-state index contributed by atoms with van der Waals surface area (Å²) in [4.78, 5) is 32.3. The van der Waals surface area contributed by atoms with E-state index in [1.165, 1.54) is 0 Å². The molecule has 6 rings (SSSR count). The molecule has 5 N–H and O–H groups in total. The number of carbonyl (C=O) groups is 2. The summed E-state index contributed by atoms with van der Waals surface area (Å²) in [6, 6.07) is 11.5. The van der Waals surface area contributed by atoms with Crippen molar-refractivity contribution in [2.45, 2.75) is 6.92 Å². The second-order valence-corrected chi connectivity index (χ2v) is 7.05. The first-order valence-corrected chi connectivity index (χ1v) is 8.68. The van der Waals surface area contributed by atoms with Gasteiger partial charge in [-0.3, -0.25) is 14.9 Å². The third-order valence-corrected chi connectivity index (χ3v) is 5.59. The van der Waals surface area contributed by atoms with Crippen molar-refractivity contribution in [2.75, 3.05) is 5.73 Å². The number of carbonyl (C=O) groups excluding carboxylic acids is 2. The number of nitrogens with two attached hydrogens (primary N) is 1. The number of aromatic nitrogens is 2. The highest BCUT2D eigenvalue weighted by Crippen LogP contribution is 2.42. The molecule has 6 nitrogen and oxygen atoms in total. The number of imide groups is 1. The monoisotopic (exact) mass is 354 g/mol.